The van der Waals surface area contributed by atoms with Crippen molar-refractivity contribution < 1.29 is 9.53 Å². The molecular weight excluding hydrogens is 356 g/mol. The summed E-state index contributed by atoms with van der Waals surface area (Å²) in [6, 6.07) is 12.6. The standard InChI is InChI=1S/C15H14BrClN2O2/c1-21-14-6-5-10(16)7-13(14)18-9-15(20)19-12-4-2-3-11(17)8-12/h2-8,18H,9H2,1H3,(H,19,20). The molecule has 2 rings (SSSR count). The molecule has 6 heteroatoms. The number of methoxy groups -OCH3 is 1. The quantitative estimate of drug-likeness (QED) is 0.832. The van der Waals surface area contributed by atoms with Crippen LogP contribution in [0.3, 0.4) is 0 Å². The summed E-state index contributed by atoms with van der Waals surface area (Å²) < 4.78 is 6.14. The van der Waals surface area contributed by atoms with Crippen LogP contribution >= 0.6 is 27.5 Å². The smallest absolute Gasteiger partial charge is 0.243 e. The number of hydrogen-bond acceptors (Lipinski definition) is 3. The highest BCUT2D eigenvalue weighted by Crippen LogP contribution is 2.27. The third kappa shape index (κ3) is 4.65. The van der Waals surface area contributed by atoms with Gasteiger partial charge >= 0.3 is 0 Å². The lowest BCUT2D eigenvalue weighted by molar-refractivity contribution is -0.114. The Hall–Kier alpha value is -1.72. The maximum Gasteiger partial charge on any atom is 0.243 e. The highest BCUT2D eigenvalue weighted by molar-refractivity contribution is 9.10. The average molecular weight is 370 g/mol. The van der Waals surface area contributed by atoms with Crippen LogP contribution in [0.1, 0.15) is 0 Å². The van der Waals surface area contributed by atoms with Crippen molar-refractivity contribution in [3.05, 3.63) is 52.0 Å². The minimum absolute atomic E-state index is 0.124. The molecule has 0 heterocycles. The van der Waals surface area contributed by atoms with Gasteiger partial charge in [0.2, 0.25) is 5.91 Å². The van der Waals surface area contributed by atoms with Crippen molar-refractivity contribution in [1.82, 2.24) is 0 Å². The Morgan fingerprint density at radius 1 is 1.29 bits per heavy atom. The van der Waals surface area contributed by atoms with Crippen molar-refractivity contribution in [3.8, 4) is 5.75 Å². The molecule has 0 saturated carbocycles. The van der Waals surface area contributed by atoms with Gasteiger partial charge in [-0.2, -0.15) is 0 Å². The van der Waals surface area contributed by atoms with E-state index in [-0.39, 0.29) is 12.5 Å². The number of rotatable bonds is 5. The molecule has 2 aromatic rings. The number of ether oxygens (including phenoxy) is 1. The molecule has 0 aliphatic rings. The van der Waals surface area contributed by atoms with E-state index in [4.69, 9.17) is 16.3 Å². The number of hydrogen-bond donors (Lipinski definition) is 2. The summed E-state index contributed by atoms with van der Waals surface area (Å²) in [5, 5.41) is 6.38. The van der Waals surface area contributed by atoms with Crippen LogP contribution in [0.25, 0.3) is 0 Å². The highest BCUT2D eigenvalue weighted by atomic mass is 79.9. The normalized spacial score (nSPS) is 10.0. The van der Waals surface area contributed by atoms with Gasteiger partial charge in [-0.05, 0) is 36.4 Å². The topological polar surface area (TPSA) is 50.4 Å². The van der Waals surface area contributed by atoms with Gasteiger partial charge in [0.25, 0.3) is 0 Å². The van der Waals surface area contributed by atoms with E-state index in [0.717, 1.165) is 10.2 Å². The lowest BCUT2D eigenvalue weighted by atomic mass is 10.3. The molecule has 0 atom stereocenters. The zero-order chi connectivity index (χ0) is 15.2. The van der Waals surface area contributed by atoms with Gasteiger partial charge < -0.3 is 15.4 Å². The molecule has 21 heavy (non-hydrogen) atoms. The second-order valence-corrected chi connectivity index (χ2v) is 5.61. The second-order valence-electron chi connectivity index (χ2n) is 4.26. The Bertz CT molecular complexity index is 649. The third-order valence-corrected chi connectivity index (χ3v) is 3.44. The second kappa shape index (κ2) is 7.33. The summed E-state index contributed by atoms with van der Waals surface area (Å²) in [5.74, 6) is 0.507. The van der Waals surface area contributed by atoms with Gasteiger partial charge in [-0.15, -0.1) is 0 Å². The Labute approximate surface area is 136 Å². The summed E-state index contributed by atoms with van der Waals surface area (Å²) in [6.45, 7) is 0.124. The summed E-state index contributed by atoms with van der Waals surface area (Å²) in [4.78, 5) is 11.9. The molecule has 0 aliphatic carbocycles. The van der Waals surface area contributed by atoms with Crippen molar-refractivity contribution in [1.29, 1.82) is 0 Å². The van der Waals surface area contributed by atoms with E-state index in [2.05, 4.69) is 26.6 Å². The SMILES string of the molecule is COc1ccc(Br)cc1NCC(=O)Nc1cccc(Cl)c1. The van der Waals surface area contributed by atoms with E-state index in [1.807, 2.05) is 18.2 Å². The molecule has 2 aromatic carbocycles. The van der Waals surface area contributed by atoms with Crippen molar-refractivity contribution in [3.63, 3.8) is 0 Å². The summed E-state index contributed by atoms with van der Waals surface area (Å²) in [6.07, 6.45) is 0. The average Bonchev–Trinajstić information content (AvgIpc) is 2.45. The van der Waals surface area contributed by atoms with Crippen LogP contribution in [0.2, 0.25) is 5.02 Å². The van der Waals surface area contributed by atoms with Crippen LogP contribution in [-0.2, 0) is 4.79 Å². The number of nitrogens with one attached hydrogen (secondary N) is 2. The van der Waals surface area contributed by atoms with Gasteiger partial charge in [-0.1, -0.05) is 33.6 Å². The van der Waals surface area contributed by atoms with Gasteiger partial charge in [0, 0.05) is 15.2 Å². The highest BCUT2D eigenvalue weighted by Gasteiger charge is 2.07. The number of halogens is 2. The zero-order valence-electron chi connectivity index (χ0n) is 11.3. The van der Waals surface area contributed by atoms with Crippen LogP contribution in [-0.4, -0.2) is 19.6 Å². The number of anilines is 2. The lowest BCUT2D eigenvalue weighted by Gasteiger charge is -2.12. The molecule has 0 saturated heterocycles. The van der Waals surface area contributed by atoms with Gasteiger partial charge in [-0.3, -0.25) is 4.79 Å². The molecular formula is C15H14BrClN2O2. The van der Waals surface area contributed by atoms with Crippen molar-refractivity contribution >= 4 is 44.8 Å². The lowest BCUT2D eigenvalue weighted by Crippen LogP contribution is -2.21. The number of carbonyl (C=O) groups is 1. The molecule has 0 spiro atoms. The molecule has 0 aromatic heterocycles. The fraction of sp³-hybridized carbons (Fsp3) is 0.133. The van der Waals surface area contributed by atoms with E-state index >= 15 is 0 Å². The first-order valence-electron chi connectivity index (χ1n) is 6.21. The Morgan fingerprint density at radius 3 is 2.81 bits per heavy atom. The number of amides is 1. The van der Waals surface area contributed by atoms with Crippen LogP contribution in [0.4, 0.5) is 11.4 Å². The van der Waals surface area contributed by atoms with Crippen LogP contribution in [0, 0.1) is 0 Å². The molecule has 1 amide bonds. The van der Waals surface area contributed by atoms with Gasteiger partial charge in [0.05, 0.1) is 19.3 Å². The summed E-state index contributed by atoms with van der Waals surface area (Å²) in [5.41, 5.74) is 1.41. The van der Waals surface area contributed by atoms with Gasteiger partial charge in [0.15, 0.2) is 0 Å². The molecule has 0 unspecified atom stereocenters. The first kappa shape index (κ1) is 15.7. The first-order valence-corrected chi connectivity index (χ1v) is 7.38. The minimum Gasteiger partial charge on any atom is -0.495 e. The third-order valence-electron chi connectivity index (χ3n) is 2.71. The van der Waals surface area contributed by atoms with Crippen molar-refractivity contribution in [2.24, 2.45) is 0 Å². The molecule has 0 radical (unpaired) electrons. The van der Waals surface area contributed by atoms with Crippen LogP contribution in [0.5, 0.6) is 5.75 Å². The largest absolute Gasteiger partial charge is 0.495 e. The summed E-state index contributed by atoms with van der Waals surface area (Å²) in [7, 11) is 1.58. The minimum atomic E-state index is -0.167. The predicted molar refractivity (Wildman–Crippen MR) is 89.3 cm³/mol. The van der Waals surface area contributed by atoms with E-state index < -0.39 is 0 Å². The first-order chi connectivity index (χ1) is 10.1. The monoisotopic (exact) mass is 368 g/mol. The van der Waals surface area contributed by atoms with E-state index in [9.17, 15) is 4.79 Å². The van der Waals surface area contributed by atoms with Crippen molar-refractivity contribution in [2.45, 2.75) is 0 Å². The van der Waals surface area contributed by atoms with Crippen molar-refractivity contribution in [2.75, 3.05) is 24.3 Å². The molecule has 4 nitrogen and oxygen atoms in total. The van der Waals surface area contributed by atoms with E-state index in [1.54, 1.807) is 31.4 Å². The molecule has 0 fully saturated rings. The fourth-order valence-electron chi connectivity index (χ4n) is 1.77. The Balaban J connectivity index is 1.96. The van der Waals surface area contributed by atoms with E-state index in [1.165, 1.54) is 0 Å². The molecule has 0 aliphatic heterocycles. The maximum atomic E-state index is 11.9. The molecule has 110 valence electrons. The van der Waals surface area contributed by atoms with Gasteiger partial charge in [-0.25, -0.2) is 0 Å². The van der Waals surface area contributed by atoms with E-state index in [0.29, 0.717) is 16.5 Å². The summed E-state index contributed by atoms with van der Waals surface area (Å²) >= 11 is 9.25. The maximum absolute atomic E-state index is 11.9. The van der Waals surface area contributed by atoms with Crippen LogP contribution in [0.15, 0.2) is 46.9 Å². The molecule has 0 bridgehead atoms. The van der Waals surface area contributed by atoms with Crippen LogP contribution < -0.4 is 15.4 Å². The zero-order valence-corrected chi connectivity index (χ0v) is 13.7. The Kier molecular flexibility index (Phi) is 5.47. The number of benzene rings is 2. The predicted octanol–water partition coefficient (Wildman–Crippen LogP) is 4.16. The Morgan fingerprint density at radius 2 is 2.10 bits per heavy atom. The molecule has 2 N–H and O–H groups in total. The van der Waals surface area contributed by atoms with Gasteiger partial charge in [0.1, 0.15) is 5.75 Å². The number of carbonyl (C=O) groups excluding carboxylic acids is 1. The fourth-order valence-corrected chi connectivity index (χ4v) is 2.32.